The van der Waals surface area contributed by atoms with Crippen molar-refractivity contribution in [2.75, 3.05) is 29.9 Å². The summed E-state index contributed by atoms with van der Waals surface area (Å²) in [6.07, 6.45) is 0.413. The zero-order valence-corrected chi connectivity index (χ0v) is 27.1. The fraction of sp³-hybridized carbons (Fsp3) is 0.333. The molecular weight excluding hydrogens is 620 g/mol. The monoisotopic (exact) mass is 656 g/mol. The van der Waals surface area contributed by atoms with Gasteiger partial charge in [0.25, 0.3) is 0 Å². The summed E-state index contributed by atoms with van der Waals surface area (Å²) >= 11 is 6.98. The Hall–Kier alpha value is -4.83. The number of Topliss-reactive ketones (excluding diaryl/α,β-unsaturated/α-hetero) is 1. The van der Waals surface area contributed by atoms with Crippen LogP contribution >= 0.6 is 11.6 Å². The fourth-order valence-electron chi connectivity index (χ4n) is 6.52. The quantitative estimate of drug-likeness (QED) is 0.286. The predicted octanol–water partition coefficient (Wildman–Crippen LogP) is 5.51. The highest BCUT2D eigenvalue weighted by Crippen LogP contribution is 2.51. The summed E-state index contributed by atoms with van der Waals surface area (Å²) in [4.78, 5) is 56.3. The molecule has 0 bridgehead atoms. The largest absolute Gasteiger partial charge is 0.506 e. The van der Waals surface area contributed by atoms with Crippen molar-refractivity contribution in [1.29, 1.82) is 0 Å². The number of piperazine rings is 1. The number of nitrogens with zero attached hydrogens (tertiary/aromatic N) is 2. The van der Waals surface area contributed by atoms with Crippen molar-refractivity contribution in [2.24, 2.45) is 5.41 Å². The van der Waals surface area contributed by atoms with Gasteiger partial charge in [0.05, 0.1) is 18.3 Å². The maximum atomic E-state index is 14.4. The van der Waals surface area contributed by atoms with Crippen LogP contribution in [0.25, 0.3) is 0 Å². The number of hydrogen-bond donors (Lipinski definition) is 3. The van der Waals surface area contributed by atoms with Crippen molar-refractivity contribution in [3.63, 3.8) is 0 Å². The van der Waals surface area contributed by atoms with E-state index in [-0.39, 0.29) is 54.6 Å². The Morgan fingerprint density at radius 1 is 1.00 bits per heavy atom. The molecule has 2 heterocycles. The van der Waals surface area contributed by atoms with Gasteiger partial charge in [-0.2, -0.15) is 0 Å². The number of para-hydroxylation sites is 1. The van der Waals surface area contributed by atoms with Crippen LogP contribution in [0.3, 0.4) is 0 Å². The molecule has 6 rings (SSSR count). The minimum absolute atomic E-state index is 0.0607. The van der Waals surface area contributed by atoms with E-state index in [4.69, 9.17) is 16.3 Å². The first kappa shape index (κ1) is 32.1. The minimum Gasteiger partial charge on any atom is -0.506 e. The third-order valence-corrected chi connectivity index (χ3v) is 9.06. The van der Waals surface area contributed by atoms with Crippen molar-refractivity contribution in [3.8, 4) is 11.5 Å². The van der Waals surface area contributed by atoms with Crippen LogP contribution in [0, 0.1) is 5.41 Å². The summed E-state index contributed by atoms with van der Waals surface area (Å²) in [5.74, 6) is -0.716. The van der Waals surface area contributed by atoms with Gasteiger partial charge in [-0.15, -0.1) is 0 Å². The first-order valence-electron chi connectivity index (χ1n) is 15.7. The Bertz CT molecular complexity index is 1770. The Labute approximate surface area is 278 Å². The molecule has 0 radical (unpaired) electrons. The van der Waals surface area contributed by atoms with Crippen molar-refractivity contribution in [2.45, 2.75) is 52.2 Å². The molecular formula is C36H37ClN4O6. The molecule has 3 aromatic carbocycles. The molecule has 0 aromatic heterocycles. The molecule has 1 saturated heterocycles. The lowest BCUT2D eigenvalue weighted by atomic mass is 9.73. The van der Waals surface area contributed by atoms with Crippen molar-refractivity contribution >= 4 is 46.5 Å². The molecule has 3 N–H and O–H groups in total. The minimum atomic E-state index is -0.955. The summed E-state index contributed by atoms with van der Waals surface area (Å²) in [7, 11) is 0. The average molecular weight is 657 g/mol. The zero-order chi connectivity index (χ0) is 33.3. The van der Waals surface area contributed by atoms with E-state index in [1.807, 2.05) is 44.2 Å². The van der Waals surface area contributed by atoms with Gasteiger partial charge < -0.3 is 25.4 Å². The number of amides is 3. The first-order chi connectivity index (χ1) is 22.5. The number of aromatic hydroxyl groups is 1. The Morgan fingerprint density at radius 2 is 1.77 bits per heavy atom. The van der Waals surface area contributed by atoms with E-state index >= 15 is 0 Å². The van der Waals surface area contributed by atoms with E-state index in [1.165, 1.54) is 15.9 Å². The van der Waals surface area contributed by atoms with Crippen molar-refractivity contribution in [3.05, 3.63) is 94.1 Å². The second-order valence-electron chi connectivity index (χ2n) is 12.9. The van der Waals surface area contributed by atoms with Crippen molar-refractivity contribution < 1.29 is 29.0 Å². The number of nitrogens with one attached hydrogen (secondary N) is 2. The smallest absolute Gasteiger partial charge is 0.239 e. The molecule has 3 aliphatic rings. The standard InChI is InChI=1S/C36H37ClN4O6/c1-36(2)18-26-33(29(43)19-36)35(24-12-11-23(17-25(24)37)47-21-22-7-4-3-5-8-22)41(27-9-6-10-28(42)34(27)39-26)32(46)14-13-31(45)40-16-15-38-30(44)20-40/h3-12,17,35,39,42H,13-16,18-21H2,1-2H3,(H,38,44). The van der Waals surface area contributed by atoms with Gasteiger partial charge in [-0.05, 0) is 47.2 Å². The van der Waals surface area contributed by atoms with Gasteiger partial charge in [0, 0.05) is 48.6 Å². The summed E-state index contributed by atoms with van der Waals surface area (Å²) in [5, 5.41) is 17.3. The lowest BCUT2D eigenvalue weighted by molar-refractivity contribution is -0.139. The number of ether oxygens (including phenoxy) is 1. The van der Waals surface area contributed by atoms with Gasteiger partial charge in [0.2, 0.25) is 17.7 Å². The number of anilines is 2. The molecule has 244 valence electrons. The van der Waals surface area contributed by atoms with Crippen LogP contribution in [-0.2, 0) is 25.8 Å². The Balaban J connectivity index is 1.41. The van der Waals surface area contributed by atoms with Crippen molar-refractivity contribution in [1.82, 2.24) is 10.2 Å². The second-order valence-corrected chi connectivity index (χ2v) is 13.3. The van der Waals surface area contributed by atoms with Crippen LogP contribution < -0.4 is 20.3 Å². The Morgan fingerprint density at radius 3 is 2.51 bits per heavy atom. The van der Waals surface area contributed by atoms with E-state index < -0.39 is 11.9 Å². The summed E-state index contributed by atoms with van der Waals surface area (Å²) in [5.41, 5.74) is 2.75. The topological polar surface area (TPSA) is 128 Å². The van der Waals surface area contributed by atoms with Crippen LogP contribution in [0.2, 0.25) is 5.02 Å². The lowest BCUT2D eigenvalue weighted by Crippen LogP contribution is -2.50. The zero-order valence-electron chi connectivity index (χ0n) is 26.3. The van der Waals surface area contributed by atoms with Crippen LogP contribution in [0.1, 0.15) is 56.7 Å². The third kappa shape index (κ3) is 6.83. The number of carbonyl (C=O) groups excluding carboxylic acids is 4. The van der Waals surface area contributed by atoms with E-state index in [2.05, 4.69) is 10.6 Å². The van der Waals surface area contributed by atoms with Gasteiger partial charge in [0.15, 0.2) is 5.78 Å². The van der Waals surface area contributed by atoms with Crippen LogP contribution in [-0.4, -0.2) is 53.1 Å². The molecule has 0 spiro atoms. The number of benzene rings is 3. The van der Waals surface area contributed by atoms with E-state index in [1.54, 1.807) is 30.3 Å². The molecule has 10 nitrogen and oxygen atoms in total. The van der Waals surface area contributed by atoms with Crippen LogP contribution in [0.15, 0.2) is 78.0 Å². The number of hydrogen-bond acceptors (Lipinski definition) is 7. The van der Waals surface area contributed by atoms with E-state index in [9.17, 15) is 24.3 Å². The van der Waals surface area contributed by atoms with Gasteiger partial charge in [-0.25, -0.2) is 0 Å². The molecule has 2 aliphatic heterocycles. The SMILES string of the molecule is CC1(C)CC(=O)C2=C(C1)Nc1c(O)cccc1N(C(=O)CCC(=O)N1CCNC(=O)C1)C2c1ccc(OCc2ccccc2)cc1Cl. The van der Waals surface area contributed by atoms with E-state index in [0.717, 1.165) is 5.56 Å². The predicted molar refractivity (Wildman–Crippen MR) is 178 cm³/mol. The Kier molecular flexibility index (Phi) is 8.96. The number of fused-ring (bicyclic) bond motifs is 1. The molecule has 1 aliphatic carbocycles. The number of ketones is 1. The van der Waals surface area contributed by atoms with Gasteiger partial charge in [0.1, 0.15) is 23.8 Å². The first-order valence-corrected chi connectivity index (χ1v) is 16.1. The molecule has 3 aromatic rings. The molecule has 1 atom stereocenters. The third-order valence-electron chi connectivity index (χ3n) is 8.73. The van der Waals surface area contributed by atoms with Gasteiger partial charge in [-0.3, -0.25) is 24.1 Å². The van der Waals surface area contributed by atoms with Gasteiger partial charge in [-0.1, -0.05) is 67.9 Å². The lowest BCUT2D eigenvalue weighted by Gasteiger charge is -2.37. The fourth-order valence-corrected chi connectivity index (χ4v) is 6.79. The maximum Gasteiger partial charge on any atom is 0.239 e. The highest BCUT2D eigenvalue weighted by molar-refractivity contribution is 6.31. The molecule has 11 heteroatoms. The van der Waals surface area contributed by atoms with E-state index in [0.29, 0.717) is 65.1 Å². The highest BCUT2D eigenvalue weighted by atomic mass is 35.5. The molecule has 1 unspecified atom stereocenters. The molecule has 47 heavy (non-hydrogen) atoms. The van der Waals surface area contributed by atoms with Crippen LogP contribution in [0.5, 0.6) is 11.5 Å². The number of rotatable bonds is 7. The average Bonchev–Trinajstić information content (AvgIpc) is 3.18. The normalized spacial score (nSPS) is 18.8. The summed E-state index contributed by atoms with van der Waals surface area (Å²) < 4.78 is 6.01. The summed E-state index contributed by atoms with van der Waals surface area (Å²) in [6, 6.07) is 18.8. The second kappa shape index (κ2) is 13.1. The summed E-state index contributed by atoms with van der Waals surface area (Å²) in [6.45, 7) is 4.99. The molecule has 0 saturated carbocycles. The number of carbonyl (C=O) groups is 4. The molecule has 3 amide bonds. The number of phenols is 1. The van der Waals surface area contributed by atoms with Gasteiger partial charge >= 0.3 is 0 Å². The maximum absolute atomic E-state index is 14.4. The highest BCUT2D eigenvalue weighted by Gasteiger charge is 2.44. The number of phenolic OH excluding ortho intramolecular Hbond substituents is 1. The number of allylic oxidation sites excluding steroid dienone is 1. The number of halogens is 1. The van der Waals surface area contributed by atoms with Crippen LogP contribution in [0.4, 0.5) is 11.4 Å². The molecule has 1 fully saturated rings.